The fourth-order valence-electron chi connectivity index (χ4n) is 2.81. The molecule has 0 aromatic heterocycles. The van der Waals surface area contributed by atoms with Gasteiger partial charge in [-0.05, 0) is 20.3 Å². The minimum atomic E-state index is -1.12. The molecule has 1 aliphatic rings. The predicted molar refractivity (Wildman–Crippen MR) is 67.3 cm³/mol. The number of carbonyl (C=O) groups excluding carboxylic acids is 1. The number of carbonyl (C=O) groups is 2. The highest BCUT2D eigenvalue weighted by molar-refractivity contribution is 5.86. The highest BCUT2D eigenvalue weighted by atomic mass is 16.5. The standard InChI is InChI=1S/C13H23NO4/c1-5-12(4)9-13(11(16)17,7-8-18-12)14(6-2)10(3)15/h5-9H2,1-4H3,(H,16,17). The zero-order chi connectivity index (χ0) is 14.0. The fourth-order valence-corrected chi connectivity index (χ4v) is 2.81. The van der Waals surface area contributed by atoms with Crippen molar-refractivity contribution in [3.8, 4) is 0 Å². The van der Waals surface area contributed by atoms with Crippen LogP contribution >= 0.6 is 0 Å². The van der Waals surface area contributed by atoms with E-state index in [0.717, 1.165) is 6.42 Å². The Balaban J connectivity index is 3.15. The summed E-state index contributed by atoms with van der Waals surface area (Å²) in [6.07, 6.45) is 1.43. The molecule has 1 heterocycles. The highest BCUT2D eigenvalue weighted by Gasteiger charge is 2.52. The third-order valence-electron chi connectivity index (χ3n) is 3.99. The summed E-state index contributed by atoms with van der Waals surface area (Å²) >= 11 is 0. The minimum absolute atomic E-state index is 0.194. The normalized spacial score (nSPS) is 32.0. The van der Waals surface area contributed by atoms with Crippen LogP contribution in [0.1, 0.15) is 47.0 Å². The quantitative estimate of drug-likeness (QED) is 0.831. The van der Waals surface area contributed by atoms with Gasteiger partial charge in [-0.3, -0.25) is 4.79 Å². The van der Waals surface area contributed by atoms with Crippen LogP contribution < -0.4 is 0 Å². The number of carboxylic acids is 1. The van der Waals surface area contributed by atoms with Gasteiger partial charge in [-0.15, -0.1) is 0 Å². The van der Waals surface area contributed by atoms with Crippen LogP contribution in [0.3, 0.4) is 0 Å². The van der Waals surface area contributed by atoms with Gasteiger partial charge in [0.1, 0.15) is 5.54 Å². The predicted octanol–water partition coefficient (Wildman–Crippen LogP) is 1.66. The van der Waals surface area contributed by atoms with Gasteiger partial charge in [0.2, 0.25) is 5.91 Å². The van der Waals surface area contributed by atoms with E-state index in [1.54, 1.807) is 0 Å². The first-order chi connectivity index (χ1) is 8.31. The number of rotatable bonds is 4. The molecular formula is C13H23NO4. The van der Waals surface area contributed by atoms with Crippen LogP contribution in [-0.4, -0.2) is 46.2 Å². The van der Waals surface area contributed by atoms with Crippen LogP contribution in [0, 0.1) is 0 Å². The summed E-state index contributed by atoms with van der Waals surface area (Å²) in [6, 6.07) is 0. The van der Waals surface area contributed by atoms with Gasteiger partial charge in [0.25, 0.3) is 0 Å². The molecule has 1 amide bonds. The van der Waals surface area contributed by atoms with E-state index < -0.39 is 17.1 Å². The fraction of sp³-hybridized carbons (Fsp3) is 0.846. The Labute approximate surface area is 108 Å². The monoisotopic (exact) mass is 257 g/mol. The molecule has 1 aliphatic heterocycles. The topological polar surface area (TPSA) is 66.8 Å². The van der Waals surface area contributed by atoms with Crippen molar-refractivity contribution < 1.29 is 19.4 Å². The summed E-state index contributed by atoms with van der Waals surface area (Å²) in [5.74, 6) is -1.12. The smallest absolute Gasteiger partial charge is 0.329 e. The summed E-state index contributed by atoms with van der Waals surface area (Å²) in [5.41, 5.74) is -1.59. The Morgan fingerprint density at radius 2 is 2.00 bits per heavy atom. The van der Waals surface area contributed by atoms with Crippen LogP contribution in [-0.2, 0) is 14.3 Å². The number of nitrogens with zero attached hydrogens (tertiary/aromatic N) is 1. The number of hydrogen-bond acceptors (Lipinski definition) is 3. The Hall–Kier alpha value is -1.10. The number of carboxylic acid groups (broad SMARTS) is 1. The molecule has 0 saturated carbocycles. The van der Waals surface area contributed by atoms with Gasteiger partial charge < -0.3 is 14.7 Å². The number of ether oxygens (including phenoxy) is 1. The Kier molecular flexibility index (Phi) is 4.37. The first-order valence-corrected chi connectivity index (χ1v) is 6.47. The van der Waals surface area contributed by atoms with E-state index in [2.05, 4.69) is 0 Å². The van der Waals surface area contributed by atoms with Crippen molar-refractivity contribution in [2.45, 2.75) is 58.1 Å². The maximum absolute atomic E-state index is 11.7. The molecule has 0 spiro atoms. The van der Waals surface area contributed by atoms with Crippen molar-refractivity contribution in [2.75, 3.05) is 13.2 Å². The molecule has 18 heavy (non-hydrogen) atoms. The molecule has 1 N–H and O–H groups in total. The van der Waals surface area contributed by atoms with Crippen LogP contribution in [0.15, 0.2) is 0 Å². The lowest BCUT2D eigenvalue weighted by Crippen LogP contribution is -2.62. The number of likely N-dealkylation sites (N-methyl/N-ethyl adjacent to an activating group) is 1. The molecular weight excluding hydrogens is 234 g/mol. The molecule has 5 nitrogen and oxygen atoms in total. The first kappa shape index (κ1) is 15.0. The Bertz CT molecular complexity index is 344. The maximum Gasteiger partial charge on any atom is 0.329 e. The molecule has 5 heteroatoms. The Morgan fingerprint density at radius 3 is 2.39 bits per heavy atom. The lowest BCUT2D eigenvalue weighted by Gasteiger charge is -2.48. The third-order valence-corrected chi connectivity index (χ3v) is 3.99. The lowest BCUT2D eigenvalue weighted by atomic mass is 9.78. The second-order valence-electron chi connectivity index (χ2n) is 5.18. The zero-order valence-electron chi connectivity index (χ0n) is 11.7. The van der Waals surface area contributed by atoms with E-state index in [1.165, 1.54) is 11.8 Å². The van der Waals surface area contributed by atoms with Gasteiger partial charge in [0, 0.05) is 26.3 Å². The molecule has 0 bridgehead atoms. The molecule has 0 aromatic rings. The van der Waals surface area contributed by atoms with Gasteiger partial charge >= 0.3 is 5.97 Å². The van der Waals surface area contributed by atoms with Gasteiger partial charge in [-0.25, -0.2) is 4.79 Å². The van der Waals surface area contributed by atoms with Crippen LogP contribution in [0.25, 0.3) is 0 Å². The van der Waals surface area contributed by atoms with Crippen LogP contribution in [0.4, 0.5) is 0 Å². The second kappa shape index (κ2) is 5.26. The van der Waals surface area contributed by atoms with E-state index in [9.17, 15) is 14.7 Å². The van der Waals surface area contributed by atoms with E-state index in [-0.39, 0.29) is 5.91 Å². The van der Waals surface area contributed by atoms with E-state index in [1.807, 2.05) is 20.8 Å². The summed E-state index contributed by atoms with van der Waals surface area (Å²) in [4.78, 5) is 24.9. The van der Waals surface area contributed by atoms with Crippen LogP contribution in [0.5, 0.6) is 0 Å². The van der Waals surface area contributed by atoms with Crippen molar-refractivity contribution in [3.05, 3.63) is 0 Å². The molecule has 2 unspecified atom stereocenters. The largest absolute Gasteiger partial charge is 0.479 e. The summed E-state index contributed by atoms with van der Waals surface area (Å²) in [6.45, 7) is 7.90. The minimum Gasteiger partial charge on any atom is -0.479 e. The zero-order valence-corrected chi connectivity index (χ0v) is 11.7. The van der Waals surface area contributed by atoms with Crippen molar-refractivity contribution in [1.82, 2.24) is 4.90 Å². The third kappa shape index (κ3) is 2.51. The van der Waals surface area contributed by atoms with Gasteiger partial charge in [-0.1, -0.05) is 6.92 Å². The summed E-state index contributed by atoms with van der Waals surface area (Å²) < 4.78 is 5.69. The molecule has 0 radical (unpaired) electrons. The maximum atomic E-state index is 11.7. The highest BCUT2D eigenvalue weighted by Crippen LogP contribution is 2.38. The molecule has 1 rings (SSSR count). The molecule has 0 aromatic carbocycles. The molecule has 1 saturated heterocycles. The Morgan fingerprint density at radius 1 is 1.39 bits per heavy atom. The van der Waals surface area contributed by atoms with Crippen LogP contribution in [0.2, 0.25) is 0 Å². The van der Waals surface area contributed by atoms with Gasteiger partial charge in [0.05, 0.1) is 12.2 Å². The molecule has 1 fully saturated rings. The van der Waals surface area contributed by atoms with Crippen molar-refractivity contribution in [3.63, 3.8) is 0 Å². The van der Waals surface area contributed by atoms with Crippen molar-refractivity contribution in [2.24, 2.45) is 0 Å². The van der Waals surface area contributed by atoms with Crippen molar-refractivity contribution >= 4 is 11.9 Å². The van der Waals surface area contributed by atoms with E-state index in [0.29, 0.717) is 26.0 Å². The number of hydrogen-bond donors (Lipinski definition) is 1. The average Bonchev–Trinajstić information content (AvgIpc) is 2.29. The SMILES string of the molecule is CCN(C(C)=O)C1(C(=O)O)CCOC(C)(CC)C1. The van der Waals surface area contributed by atoms with E-state index >= 15 is 0 Å². The average molecular weight is 257 g/mol. The second-order valence-corrected chi connectivity index (χ2v) is 5.18. The summed E-state index contributed by atoms with van der Waals surface area (Å²) in [5, 5.41) is 9.62. The lowest BCUT2D eigenvalue weighted by molar-refractivity contribution is -0.179. The van der Waals surface area contributed by atoms with E-state index in [4.69, 9.17) is 4.74 Å². The van der Waals surface area contributed by atoms with Crippen molar-refractivity contribution in [1.29, 1.82) is 0 Å². The molecule has 2 atom stereocenters. The molecule has 104 valence electrons. The summed E-state index contributed by atoms with van der Waals surface area (Å²) in [7, 11) is 0. The van der Waals surface area contributed by atoms with Gasteiger partial charge in [-0.2, -0.15) is 0 Å². The molecule has 0 aliphatic carbocycles. The van der Waals surface area contributed by atoms with Gasteiger partial charge in [0.15, 0.2) is 0 Å². The first-order valence-electron chi connectivity index (χ1n) is 6.47. The number of amides is 1. The number of aliphatic carboxylic acids is 1.